The molecule has 1 saturated heterocycles. The van der Waals surface area contributed by atoms with Crippen molar-refractivity contribution < 1.29 is 14.6 Å². The van der Waals surface area contributed by atoms with Gasteiger partial charge in [0.2, 0.25) is 0 Å². The summed E-state index contributed by atoms with van der Waals surface area (Å²) in [5.74, 6) is -0.596. The normalized spacial score (nSPS) is 27.1. The number of methoxy groups -OCH3 is 1. The van der Waals surface area contributed by atoms with E-state index in [1.165, 1.54) is 14.0 Å². The molecule has 0 amide bonds. The van der Waals surface area contributed by atoms with E-state index < -0.39 is 11.6 Å². The number of nitrogens with zero attached hydrogens (tertiary/aromatic N) is 1. The van der Waals surface area contributed by atoms with Gasteiger partial charge in [-0.15, -0.1) is 0 Å². The van der Waals surface area contributed by atoms with Gasteiger partial charge in [0.25, 0.3) is 0 Å². The lowest BCUT2D eigenvalue weighted by atomic mass is 10.0. The van der Waals surface area contributed by atoms with Crippen molar-refractivity contribution in [3.63, 3.8) is 0 Å². The van der Waals surface area contributed by atoms with Crippen LogP contribution in [0.4, 0.5) is 0 Å². The molecule has 1 aliphatic heterocycles. The number of esters is 1. The molecule has 2 atom stereocenters. The highest BCUT2D eigenvalue weighted by Gasteiger charge is 2.34. The molecule has 0 bridgehead atoms. The minimum absolute atomic E-state index is 0.146. The standard InChI is InChI=1S/C10H20N2O3/c1-10(14,9(13)15-2)7-12-5-3-4-8(11)6-12/h8,14H,3-7,11H2,1-2H3. The maximum atomic E-state index is 11.3. The van der Waals surface area contributed by atoms with Gasteiger partial charge in [0, 0.05) is 19.1 Å². The monoisotopic (exact) mass is 216 g/mol. The molecule has 1 heterocycles. The first-order valence-electron chi connectivity index (χ1n) is 5.24. The zero-order valence-corrected chi connectivity index (χ0v) is 9.40. The fourth-order valence-electron chi connectivity index (χ4n) is 1.95. The van der Waals surface area contributed by atoms with Crippen molar-refractivity contribution in [3.05, 3.63) is 0 Å². The molecule has 0 aromatic heterocycles. The first kappa shape index (κ1) is 12.4. The molecule has 1 rings (SSSR count). The number of rotatable bonds is 3. The van der Waals surface area contributed by atoms with Gasteiger partial charge < -0.3 is 15.6 Å². The summed E-state index contributed by atoms with van der Waals surface area (Å²) in [7, 11) is 1.28. The Balaban J connectivity index is 2.49. The molecule has 0 spiro atoms. The molecule has 88 valence electrons. The molecule has 15 heavy (non-hydrogen) atoms. The van der Waals surface area contributed by atoms with Crippen LogP contribution in [-0.2, 0) is 9.53 Å². The van der Waals surface area contributed by atoms with Gasteiger partial charge in [-0.1, -0.05) is 0 Å². The van der Waals surface area contributed by atoms with Gasteiger partial charge in [0.05, 0.1) is 7.11 Å². The van der Waals surface area contributed by atoms with Crippen LogP contribution in [0.25, 0.3) is 0 Å². The topological polar surface area (TPSA) is 75.8 Å². The fraction of sp³-hybridized carbons (Fsp3) is 0.900. The van der Waals surface area contributed by atoms with Crippen molar-refractivity contribution in [2.24, 2.45) is 5.73 Å². The molecule has 1 fully saturated rings. The number of aliphatic hydroxyl groups is 1. The van der Waals surface area contributed by atoms with E-state index in [1.807, 2.05) is 4.90 Å². The molecule has 2 unspecified atom stereocenters. The Bertz CT molecular complexity index is 231. The highest BCUT2D eigenvalue weighted by Crippen LogP contribution is 2.14. The van der Waals surface area contributed by atoms with Crippen LogP contribution in [-0.4, -0.2) is 54.4 Å². The van der Waals surface area contributed by atoms with Crippen LogP contribution in [0.3, 0.4) is 0 Å². The lowest BCUT2D eigenvalue weighted by molar-refractivity contribution is -0.162. The third-order valence-corrected chi connectivity index (χ3v) is 2.70. The molecule has 0 aromatic rings. The van der Waals surface area contributed by atoms with Crippen LogP contribution in [0.15, 0.2) is 0 Å². The number of carbonyl (C=O) groups is 1. The average Bonchev–Trinajstić information content (AvgIpc) is 2.15. The maximum absolute atomic E-state index is 11.3. The number of ether oxygens (including phenoxy) is 1. The number of hydrogen-bond acceptors (Lipinski definition) is 5. The van der Waals surface area contributed by atoms with Crippen molar-refractivity contribution in [3.8, 4) is 0 Å². The largest absolute Gasteiger partial charge is 0.467 e. The van der Waals surface area contributed by atoms with E-state index in [0.717, 1.165) is 25.9 Å². The van der Waals surface area contributed by atoms with Crippen LogP contribution in [0.2, 0.25) is 0 Å². The second kappa shape index (κ2) is 4.92. The van der Waals surface area contributed by atoms with Gasteiger partial charge in [0.1, 0.15) is 0 Å². The van der Waals surface area contributed by atoms with E-state index in [9.17, 15) is 9.90 Å². The Hall–Kier alpha value is -0.650. The van der Waals surface area contributed by atoms with Crippen LogP contribution in [0.5, 0.6) is 0 Å². The number of nitrogens with two attached hydrogens (primary N) is 1. The highest BCUT2D eigenvalue weighted by molar-refractivity contribution is 5.78. The summed E-state index contributed by atoms with van der Waals surface area (Å²) < 4.78 is 4.54. The maximum Gasteiger partial charge on any atom is 0.338 e. The lowest BCUT2D eigenvalue weighted by Gasteiger charge is -2.34. The van der Waals surface area contributed by atoms with Gasteiger partial charge in [-0.25, -0.2) is 4.79 Å². The molecular formula is C10H20N2O3. The van der Waals surface area contributed by atoms with E-state index in [0.29, 0.717) is 0 Å². The molecule has 1 aliphatic rings. The van der Waals surface area contributed by atoms with E-state index >= 15 is 0 Å². The predicted molar refractivity (Wildman–Crippen MR) is 56.3 cm³/mol. The summed E-state index contributed by atoms with van der Waals surface area (Å²) in [6.45, 7) is 3.36. The Morgan fingerprint density at radius 3 is 2.93 bits per heavy atom. The third kappa shape index (κ3) is 3.44. The molecule has 3 N–H and O–H groups in total. The van der Waals surface area contributed by atoms with E-state index in [4.69, 9.17) is 5.73 Å². The fourth-order valence-corrected chi connectivity index (χ4v) is 1.95. The summed E-state index contributed by atoms with van der Waals surface area (Å²) >= 11 is 0. The molecule has 0 saturated carbocycles. The van der Waals surface area contributed by atoms with Crippen molar-refractivity contribution in [2.75, 3.05) is 26.7 Å². The Labute approximate surface area is 90.2 Å². The second-order valence-corrected chi connectivity index (χ2v) is 4.40. The zero-order valence-electron chi connectivity index (χ0n) is 9.40. The smallest absolute Gasteiger partial charge is 0.338 e. The number of carbonyl (C=O) groups excluding carboxylic acids is 1. The summed E-state index contributed by atoms with van der Waals surface area (Å²) in [6, 6.07) is 0.146. The van der Waals surface area contributed by atoms with E-state index in [-0.39, 0.29) is 12.6 Å². The van der Waals surface area contributed by atoms with Gasteiger partial charge in [-0.2, -0.15) is 0 Å². The van der Waals surface area contributed by atoms with Crippen molar-refractivity contribution in [1.82, 2.24) is 4.90 Å². The van der Waals surface area contributed by atoms with Crippen LogP contribution in [0.1, 0.15) is 19.8 Å². The van der Waals surface area contributed by atoms with Gasteiger partial charge in [-0.3, -0.25) is 4.90 Å². The van der Waals surface area contributed by atoms with Crippen molar-refractivity contribution >= 4 is 5.97 Å². The summed E-state index contributed by atoms with van der Waals surface area (Å²) in [4.78, 5) is 13.3. The van der Waals surface area contributed by atoms with Gasteiger partial charge >= 0.3 is 5.97 Å². The molecule has 0 aliphatic carbocycles. The van der Waals surface area contributed by atoms with Crippen molar-refractivity contribution in [1.29, 1.82) is 0 Å². The summed E-state index contributed by atoms with van der Waals surface area (Å²) in [5, 5.41) is 9.86. The van der Waals surface area contributed by atoms with Gasteiger partial charge in [-0.05, 0) is 26.3 Å². The van der Waals surface area contributed by atoms with Crippen molar-refractivity contribution in [2.45, 2.75) is 31.4 Å². The SMILES string of the molecule is COC(=O)C(C)(O)CN1CCCC(N)C1. The Kier molecular flexibility index (Phi) is 4.07. The third-order valence-electron chi connectivity index (χ3n) is 2.70. The number of hydrogen-bond donors (Lipinski definition) is 2. The van der Waals surface area contributed by atoms with Gasteiger partial charge in [0.15, 0.2) is 5.60 Å². The number of piperidine rings is 1. The van der Waals surface area contributed by atoms with E-state index in [2.05, 4.69) is 4.74 Å². The first-order chi connectivity index (χ1) is 6.95. The second-order valence-electron chi connectivity index (χ2n) is 4.40. The van der Waals surface area contributed by atoms with Crippen LogP contribution < -0.4 is 5.73 Å². The first-order valence-corrected chi connectivity index (χ1v) is 5.24. The Morgan fingerprint density at radius 1 is 1.73 bits per heavy atom. The summed E-state index contributed by atoms with van der Waals surface area (Å²) in [5.41, 5.74) is 4.37. The number of β-amino-alcohol motifs (C(OH)–C–C–N with tert-alkyl or cyclic N) is 1. The molecule has 0 radical (unpaired) electrons. The lowest BCUT2D eigenvalue weighted by Crippen LogP contribution is -2.52. The molecule has 5 nitrogen and oxygen atoms in total. The Morgan fingerprint density at radius 2 is 2.40 bits per heavy atom. The van der Waals surface area contributed by atoms with Crippen LogP contribution >= 0.6 is 0 Å². The zero-order chi connectivity index (χ0) is 11.5. The minimum Gasteiger partial charge on any atom is -0.467 e. The quantitative estimate of drug-likeness (QED) is 0.612. The number of likely N-dealkylation sites (tertiary alicyclic amines) is 1. The van der Waals surface area contributed by atoms with E-state index in [1.54, 1.807) is 0 Å². The molecular weight excluding hydrogens is 196 g/mol. The van der Waals surface area contributed by atoms with Crippen LogP contribution in [0, 0.1) is 0 Å². The predicted octanol–water partition coefficient (Wildman–Crippen LogP) is -0.666. The molecule has 5 heteroatoms. The highest BCUT2D eigenvalue weighted by atomic mass is 16.5. The summed E-state index contributed by atoms with van der Waals surface area (Å²) in [6.07, 6.45) is 2.02. The minimum atomic E-state index is -1.44. The average molecular weight is 216 g/mol. The molecule has 0 aromatic carbocycles.